The van der Waals surface area contributed by atoms with E-state index in [4.69, 9.17) is 9.15 Å². The van der Waals surface area contributed by atoms with Crippen molar-refractivity contribution >= 4 is 17.8 Å². The highest BCUT2D eigenvalue weighted by atomic mass is 16.5. The van der Waals surface area contributed by atoms with Gasteiger partial charge in [0.2, 0.25) is 5.95 Å². The Bertz CT molecular complexity index is 880. The van der Waals surface area contributed by atoms with Gasteiger partial charge in [-0.05, 0) is 19.4 Å². The van der Waals surface area contributed by atoms with Crippen molar-refractivity contribution in [3.05, 3.63) is 41.1 Å². The first-order chi connectivity index (χ1) is 13.9. The number of ether oxygens (including phenoxy) is 1. The molecule has 2 amide bonds. The molecule has 0 bridgehead atoms. The van der Waals surface area contributed by atoms with Gasteiger partial charge in [0.25, 0.3) is 11.8 Å². The summed E-state index contributed by atoms with van der Waals surface area (Å²) >= 11 is 0. The molecule has 9 heteroatoms. The molecule has 1 N–H and O–H groups in total. The van der Waals surface area contributed by atoms with E-state index >= 15 is 0 Å². The van der Waals surface area contributed by atoms with E-state index in [-0.39, 0.29) is 17.7 Å². The SMILES string of the molecule is COCCNC(=O)c1cnc(N(C)C)nc1C1CCN(C(=O)c2ccoc2C)C1. The van der Waals surface area contributed by atoms with Crippen LogP contribution < -0.4 is 10.2 Å². The molecule has 9 nitrogen and oxygen atoms in total. The number of likely N-dealkylation sites (tertiary alicyclic amines) is 1. The van der Waals surface area contributed by atoms with Crippen molar-refractivity contribution < 1.29 is 18.7 Å². The predicted molar refractivity (Wildman–Crippen MR) is 107 cm³/mol. The van der Waals surface area contributed by atoms with Crippen LogP contribution in [0.3, 0.4) is 0 Å². The van der Waals surface area contributed by atoms with Crippen LogP contribution >= 0.6 is 0 Å². The first-order valence-corrected chi connectivity index (χ1v) is 9.57. The lowest BCUT2D eigenvalue weighted by Gasteiger charge is -2.19. The quantitative estimate of drug-likeness (QED) is 0.701. The number of hydrogen-bond acceptors (Lipinski definition) is 7. The third kappa shape index (κ3) is 4.56. The van der Waals surface area contributed by atoms with Crippen molar-refractivity contribution in [1.82, 2.24) is 20.2 Å². The average molecular weight is 401 g/mol. The summed E-state index contributed by atoms with van der Waals surface area (Å²) in [5.41, 5.74) is 1.67. The summed E-state index contributed by atoms with van der Waals surface area (Å²) in [6.07, 6.45) is 3.81. The third-order valence-corrected chi connectivity index (χ3v) is 4.99. The minimum absolute atomic E-state index is 0.0453. The number of nitrogens with zero attached hydrogens (tertiary/aromatic N) is 4. The third-order valence-electron chi connectivity index (χ3n) is 4.99. The molecule has 0 aliphatic carbocycles. The van der Waals surface area contributed by atoms with Crippen LogP contribution in [0.15, 0.2) is 22.9 Å². The Labute approximate surface area is 170 Å². The highest BCUT2D eigenvalue weighted by molar-refractivity contribution is 5.96. The summed E-state index contributed by atoms with van der Waals surface area (Å²) in [6.45, 7) is 3.69. The van der Waals surface area contributed by atoms with Gasteiger partial charge in [-0.15, -0.1) is 0 Å². The molecule has 2 aromatic rings. The summed E-state index contributed by atoms with van der Waals surface area (Å²) < 4.78 is 10.2. The number of aromatic nitrogens is 2. The number of amides is 2. The Morgan fingerprint density at radius 3 is 2.83 bits per heavy atom. The van der Waals surface area contributed by atoms with Gasteiger partial charge in [0.05, 0.1) is 29.7 Å². The lowest BCUT2D eigenvalue weighted by Crippen LogP contribution is -2.31. The number of nitrogens with one attached hydrogen (secondary N) is 1. The molecule has 0 saturated carbocycles. The van der Waals surface area contributed by atoms with Gasteiger partial charge < -0.3 is 24.3 Å². The van der Waals surface area contributed by atoms with Crippen molar-refractivity contribution in [1.29, 1.82) is 0 Å². The zero-order chi connectivity index (χ0) is 21.0. The number of carbonyl (C=O) groups is 2. The smallest absolute Gasteiger partial charge is 0.257 e. The van der Waals surface area contributed by atoms with Crippen LogP contribution in [0.25, 0.3) is 0 Å². The second-order valence-electron chi connectivity index (χ2n) is 7.24. The number of hydrogen-bond donors (Lipinski definition) is 1. The molecule has 3 heterocycles. The molecule has 2 aromatic heterocycles. The number of rotatable bonds is 7. The normalized spacial score (nSPS) is 16.1. The van der Waals surface area contributed by atoms with Crippen LogP contribution in [0.1, 0.15) is 44.5 Å². The Kier molecular flexibility index (Phi) is 6.48. The van der Waals surface area contributed by atoms with Gasteiger partial charge in [-0.3, -0.25) is 9.59 Å². The Morgan fingerprint density at radius 1 is 1.38 bits per heavy atom. The van der Waals surface area contributed by atoms with Crippen LogP contribution in [0.4, 0.5) is 5.95 Å². The van der Waals surface area contributed by atoms with E-state index in [2.05, 4.69) is 15.3 Å². The molecule has 0 radical (unpaired) electrons. The summed E-state index contributed by atoms with van der Waals surface area (Å²) in [6, 6.07) is 1.69. The number of methoxy groups -OCH3 is 1. The van der Waals surface area contributed by atoms with Crippen molar-refractivity contribution in [2.24, 2.45) is 0 Å². The van der Waals surface area contributed by atoms with Gasteiger partial charge in [0.15, 0.2) is 0 Å². The fraction of sp³-hybridized carbons (Fsp3) is 0.500. The minimum atomic E-state index is -0.238. The van der Waals surface area contributed by atoms with E-state index in [0.29, 0.717) is 54.8 Å². The van der Waals surface area contributed by atoms with Crippen LogP contribution in [0.2, 0.25) is 0 Å². The van der Waals surface area contributed by atoms with E-state index in [1.807, 2.05) is 14.1 Å². The molecule has 1 aliphatic rings. The van der Waals surface area contributed by atoms with Gasteiger partial charge in [-0.25, -0.2) is 9.97 Å². The Hall–Kier alpha value is -2.94. The highest BCUT2D eigenvalue weighted by Crippen LogP contribution is 2.30. The second-order valence-corrected chi connectivity index (χ2v) is 7.24. The van der Waals surface area contributed by atoms with Crippen molar-refractivity contribution in [2.45, 2.75) is 19.3 Å². The summed E-state index contributed by atoms with van der Waals surface area (Å²) in [5.74, 6) is 0.790. The minimum Gasteiger partial charge on any atom is -0.469 e. The average Bonchev–Trinajstić information content (AvgIpc) is 3.36. The van der Waals surface area contributed by atoms with Gasteiger partial charge in [0.1, 0.15) is 5.76 Å². The number of anilines is 1. The van der Waals surface area contributed by atoms with Gasteiger partial charge in [-0.1, -0.05) is 0 Å². The predicted octanol–water partition coefficient (Wildman–Crippen LogP) is 1.45. The Balaban J connectivity index is 1.82. The topological polar surface area (TPSA) is 101 Å². The maximum Gasteiger partial charge on any atom is 0.257 e. The van der Waals surface area contributed by atoms with E-state index in [1.54, 1.807) is 36.1 Å². The second kappa shape index (κ2) is 9.04. The molecule has 29 heavy (non-hydrogen) atoms. The lowest BCUT2D eigenvalue weighted by atomic mass is 9.99. The first kappa shape index (κ1) is 20.8. The zero-order valence-corrected chi connectivity index (χ0v) is 17.3. The van der Waals surface area contributed by atoms with Gasteiger partial charge in [0, 0.05) is 53.0 Å². The number of aryl methyl sites for hydroxylation is 1. The lowest BCUT2D eigenvalue weighted by molar-refractivity contribution is 0.0789. The summed E-state index contributed by atoms with van der Waals surface area (Å²) in [5, 5.41) is 2.83. The summed E-state index contributed by atoms with van der Waals surface area (Å²) in [4.78, 5) is 38.0. The van der Waals surface area contributed by atoms with Crippen LogP contribution in [0.5, 0.6) is 0 Å². The molecular weight excluding hydrogens is 374 g/mol. The molecule has 1 atom stereocenters. The molecule has 0 spiro atoms. The van der Waals surface area contributed by atoms with E-state index < -0.39 is 0 Å². The highest BCUT2D eigenvalue weighted by Gasteiger charge is 2.33. The van der Waals surface area contributed by atoms with Crippen LogP contribution in [-0.2, 0) is 4.74 Å². The van der Waals surface area contributed by atoms with E-state index in [9.17, 15) is 9.59 Å². The maximum absolute atomic E-state index is 12.8. The zero-order valence-electron chi connectivity index (χ0n) is 17.3. The van der Waals surface area contributed by atoms with Crippen molar-refractivity contribution in [3.63, 3.8) is 0 Å². The fourth-order valence-electron chi connectivity index (χ4n) is 3.39. The number of carbonyl (C=O) groups excluding carboxylic acids is 2. The Morgan fingerprint density at radius 2 is 2.17 bits per heavy atom. The first-order valence-electron chi connectivity index (χ1n) is 9.57. The van der Waals surface area contributed by atoms with E-state index in [0.717, 1.165) is 6.42 Å². The molecular formula is C20H27N5O4. The largest absolute Gasteiger partial charge is 0.469 e. The molecule has 1 fully saturated rings. The van der Waals surface area contributed by atoms with Crippen molar-refractivity contribution in [2.75, 3.05) is 52.3 Å². The molecule has 1 unspecified atom stereocenters. The van der Waals surface area contributed by atoms with E-state index in [1.165, 1.54) is 6.26 Å². The molecule has 156 valence electrons. The van der Waals surface area contributed by atoms with Gasteiger partial charge >= 0.3 is 0 Å². The molecule has 1 saturated heterocycles. The molecule has 0 aromatic carbocycles. The van der Waals surface area contributed by atoms with Gasteiger partial charge in [-0.2, -0.15) is 0 Å². The maximum atomic E-state index is 12.8. The molecule has 1 aliphatic heterocycles. The van der Waals surface area contributed by atoms with Crippen molar-refractivity contribution in [3.8, 4) is 0 Å². The van der Waals surface area contributed by atoms with Crippen LogP contribution in [-0.4, -0.2) is 74.1 Å². The number of furan rings is 1. The fourth-order valence-corrected chi connectivity index (χ4v) is 3.39. The summed E-state index contributed by atoms with van der Waals surface area (Å²) in [7, 11) is 5.28. The standard InChI is InChI=1S/C20H27N5O4/c1-13-15(6-9-29-13)19(27)25-8-5-14(12-25)17-16(18(26)21-7-10-28-4)11-22-20(23-17)24(2)3/h6,9,11,14H,5,7-8,10,12H2,1-4H3,(H,21,26). The monoisotopic (exact) mass is 401 g/mol. The molecule has 3 rings (SSSR count). The van der Waals surface area contributed by atoms with Crippen LogP contribution in [0, 0.1) is 6.92 Å².